The number of hydrogen-bond acceptors (Lipinski definition) is 6. The van der Waals surface area contributed by atoms with Gasteiger partial charge in [-0.25, -0.2) is 0 Å². The highest BCUT2D eigenvalue weighted by Gasteiger charge is 2.18. The fourth-order valence-corrected chi connectivity index (χ4v) is 2.84. The lowest BCUT2D eigenvalue weighted by Gasteiger charge is -2.07. The second-order valence-corrected chi connectivity index (χ2v) is 6.23. The van der Waals surface area contributed by atoms with Crippen molar-refractivity contribution in [3.63, 3.8) is 0 Å². The number of carbonyl (C=O) groups is 1. The summed E-state index contributed by atoms with van der Waals surface area (Å²) < 4.78 is 6.83. The highest BCUT2D eigenvalue weighted by molar-refractivity contribution is 7.98. The van der Waals surface area contributed by atoms with Crippen molar-refractivity contribution in [2.75, 3.05) is 23.9 Å². The smallest absolute Gasteiger partial charge is 0.280 e. The number of hydrogen-bond donors (Lipinski definition) is 2. The second-order valence-electron chi connectivity index (χ2n) is 5.35. The first kappa shape index (κ1) is 17.8. The third-order valence-corrected chi connectivity index (χ3v) is 4.37. The Kier molecular flexibility index (Phi) is 5.43. The van der Waals surface area contributed by atoms with E-state index in [4.69, 9.17) is 10.5 Å². The summed E-state index contributed by atoms with van der Waals surface area (Å²) in [6, 6.07) is 14.8. The van der Waals surface area contributed by atoms with Gasteiger partial charge >= 0.3 is 0 Å². The largest absolute Gasteiger partial charge is 0.494 e. The highest BCUT2D eigenvalue weighted by atomic mass is 32.2. The summed E-state index contributed by atoms with van der Waals surface area (Å²) in [6.07, 6.45) is 1.97. The van der Waals surface area contributed by atoms with Crippen molar-refractivity contribution in [1.29, 1.82) is 0 Å². The van der Waals surface area contributed by atoms with E-state index in [1.54, 1.807) is 23.9 Å². The van der Waals surface area contributed by atoms with E-state index in [0.717, 1.165) is 10.6 Å². The zero-order chi connectivity index (χ0) is 18.5. The molecule has 0 aliphatic carbocycles. The maximum Gasteiger partial charge on any atom is 0.280 e. The lowest BCUT2D eigenvalue weighted by Crippen LogP contribution is -2.15. The first-order chi connectivity index (χ1) is 12.6. The molecule has 0 atom stereocenters. The predicted octanol–water partition coefficient (Wildman–Crippen LogP) is 3.22. The van der Waals surface area contributed by atoms with Crippen molar-refractivity contribution < 1.29 is 9.53 Å². The summed E-state index contributed by atoms with van der Waals surface area (Å²) in [5, 5.41) is 10.7. The number of nitrogens with one attached hydrogen (secondary N) is 1. The maximum atomic E-state index is 12.5. The SMILES string of the molecule is CCOc1ccc(-n2nnc(C(=O)Nc3cccc(SC)c3)c2N)cc1. The van der Waals surface area contributed by atoms with E-state index in [0.29, 0.717) is 18.0 Å². The summed E-state index contributed by atoms with van der Waals surface area (Å²) >= 11 is 1.60. The van der Waals surface area contributed by atoms with E-state index in [2.05, 4.69) is 15.6 Å². The van der Waals surface area contributed by atoms with Crippen LogP contribution in [-0.4, -0.2) is 33.8 Å². The molecule has 0 fully saturated rings. The van der Waals surface area contributed by atoms with Gasteiger partial charge in [-0.3, -0.25) is 4.79 Å². The molecule has 1 amide bonds. The van der Waals surface area contributed by atoms with E-state index in [9.17, 15) is 4.79 Å². The van der Waals surface area contributed by atoms with Crippen LogP contribution >= 0.6 is 11.8 Å². The number of thioether (sulfide) groups is 1. The molecule has 0 spiro atoms. The Morgan fingerprint density at radius 1 is 1.27 bits per heavy atom. The standard InChI is InChI=1S/C18H19N5O2S/c1-3-25-14-9-7-13(8-10-14)23-17(19)16(21-22-23)18(24)20-12-5-4-6-15(11-12)26-2/h4-11H,3,19H2,1-2H3,(H,20,24). The van der Waals surface area contributed by atoms with Crippen LogP contribution in [0.1, 0.15) is 17.4 Å². The van der Waals surface area contributed by atoms with Gasteiger partial charge in [0, 0.05) is 10.6 Å². The Labute approximate surface area is 155 Å². The van der Waals surface area contributed by atoms with Gasteiger partial charge in [0.15, 0.2) is 11.5 Å². The quantitative estimate of drug-likeness (QED) is 0.648. The molecule has 0 saturated heterocycles. The molecule has 7 nitrogen and oxygen atoms in total. The Bertz CT molecular complexity index is 908. The van der Waals surface area contributed by atoms with Crippen LogP contribution < -0.4 is 15.8 Å². The first-order valence-corrected chi connectivity index (χ1v) is 9.24. The van der Waals surface area contributed by atoms with E-state index >= 15 is 0 Å². The zero-order valence-corrected chi connectivity index (χ0v) is 15.3. The number of carbonyl (C=O) groups excluding carboxylic acids is 1. The maximum absolute atomic E-state index is 12.5. The summed E-state index contributed by atoms with van der Waals surface area (Å²) in [5.74, 6) is 0.521. The third kappa shape index (κ3) is 3.80. The minimum Gasteiger partial charge on any atom is -0.494 e. The van der Waals surface area contributed by atoms with Crippen LogP contribution in [0.4, 0.5) is 11.5 Å². The minimum atomic E-state index is -0.405. The fourth-order valence-electron chi connectivity index (χ4n) is 2.38. The van der Waals surface area contributed by atoms with E-state index in [1.165, 1.54) is 4.68 Å². The summed E-state index contributed by atoms with van der Waals surface area (Å²) in [7, 11) is 0. The zero-order valence-electron chi connectivity index (χ0n) is 14.5. The Morgan fingerprint density at radius 3 is 2.73 bits per heavy atom. The van der Waals surface area contributed by atoms with Gasteiger partial charge in [-0.05, 0) is 55.6 Å². The number of aromatic nitrogens is 3. The lowest BCUT2D eigenvalue weighted by atomic mass is 10.3. The fraction of sp³-hybridized carbons (Fsp3) is 0.167. The predicted molar refractivity (Wildman–Crippen MR) is 103 cm³/mol. The Morgan fingerprint density at radius 2 is 2.04 bits per heavy atom. The van der Waals surface area contributed by atoms with Gasteiger partial charge in [-0.2, -0.15) is 4.68 Å². The molecule has 0 unspecified atom stereocenters. The number of nitrogens with two attached hydrogens (primary N) is 1. The highest BCUT2D eigenvalue weighted by Crippen LogP contribution is 2.21. The molecule has 0 radical (unpaired) electrons. The number of nitrogen functional groups attached to an aromatic ring is 1. The first-order valence-electron chi connectivity index (χ1n) is 8.02. The molecule has 134 valence electrons. The van der Waals surface area contributed by atoms with E-state index in [1.807, 2.05) is 49.6 Å². The van der Waals surface area contributed by atoms with Gasteiger partial charge in [-0.1, -0.05) is 11.3 Å². The van der Waals surface area contributed by atoms with Crippen LogP contribution in [0.2, 0.25) is 0 Å². The van der Waals surface area contributed by atoms with Gasteiger partial charge in [0.25, 0.3) is 5.91 Å². The van der Waals surface area contributed by atoms with Crippen molar-refractivity contribution >= 4 is 29.2 Å². The van der Waals surface area contributed by atoms with Crippen molar-refractivity contribution in [2.45, 2.75) is 11.8 Å². The van der Waals surface area contributed by atoms with Crippen LogP contribution in [0.25, 0.3) is 5.69 Å². The molecule has 0 bridgehead atoms. The van der Waals surface area contributed by atoms with E-state index in [-0.39, 0.29) is 11.5 Å². The van der Waals surface area contributed by atoms with Gasteiger partial charge < -0.3 is 15.8 Å². The molecular formula is C18H19N5O2S. The van der Waals surface area contributed by atoms with Crippen LogP contribution in [-0.2, 0) is 0 Å². The van der Waals surface area contributed by atoms with Gasteiger partial charge in [0.05, 0.1) is 12.3 Å². The molecule has 8 heteroatoms. The molecule has 0 saturated carbocycles. The van der Waals surface area contributed by atoms with Crippen molar-refractivity contribution in [2.24, 2.45) is 0 Å². The molecule has 3 rings (SSSR count). The number of nitrogens with zero attached hydrogens (tertiary/aromatic N) is 3. The summed E-state index contributed by atoms with van der Waals surface area (Å²) in [6.45, 7) is 2.51. The number of ether oxygens (including phenoxy) is 1. The van der Waals surface area contributed by atoms with Crippen LogP contribution in [0.5, 0.6) is 5.75 Å². The molecule has 3 aromatic rings. The number of amides is 1. The molecule has 1 aromatic heterocycles. The number of anilines is 2. The Balaban J connectivity index is 1.80. The molecular weight excluding hydrogens is 350 g/mol. The van der Waals surface area contributed by atoms with Crippen molar-refractivity contribution in [3.05, 3.63) is 54.2 Å². The molecule has 26 heavy (non-hydrogen) atoms. The summed E-state index contributed by atoms with van der Waals surface area (Å²) in [5.41, 5.74) is 7.54. The third-order valence-electron chi connectivity index (χ3n) is 3.64. The van der Waals surface area contributed by atoms with Crippen molar-refractivity contribution in [3.8, 4) is 11.4 Å². The topological polar surface area (TPSA) is 95.1 Å². The number of rotatable bonds is 6. The molecule has 3 N–H and O–H groups in total. The van der Waals surface area contributed by atoms with Gasteiger partial charge in [0.1, 0.15) is 5.75 Å². The monoisotopic (exact) mass is 369 g/mol. The molecule has 2 aromatic carbocycles. The van der Waals surface area contributed by atoms with Crippen molar-refractivity contribution in [1.82, 2.24) is 15.0 Å². The second kappa shape index (κ2) is 7.92. The van der Waals surface area contributed by atoms with E-state index < -0.39 is 5.91 Å². The Hall–Kier alpha value is -3.00. The normalized spacial score (nSPS) is 10.5. The average Bonchev–Trinajstić information content (AvgIpc) is 3.04. The van der Waals surface area contributed by atoms with Crippen LogP contribution in [0.15, 0.2) is 53.4 Å². The van der Waals surface area contributed by atoms with Crippen LogP contribution in [0.3, 0.4) is 0 Å². The minimum absolute atomic E-state index is 0.0773. The lowest BCUT2D eigenvalue weighted by molar-refractivity contribution is 0.102. The molecule has 0 aliphatic heterocycles. The van der Waals surface area contributed by atoms with Gasteiger partial charge in [0.2, 0.25) is 0 Å². The average molecular weight is 369 g/mol. The van der Waals surface area contributed by atoms with Crippen LogP contribution in [0, 0.1) is 0 Å². The molecule has 1 heterocycles. The number of benzene rings is 2. The van der Waals surface area contributed by atoms with Gasteiger partial charge in [-0.15, -0.1) is 16.9 Å². The summed E-state index contributed by atoms with van der Waals surface area (Å²) in [4.78, 5) is 13.5. The molecule has 0 aliphatic rings.